The number of rotatable bonds is 3. The van der Waals surface area contributed by atoms with Crippen LogP contribution in [0.25, 0.3) is 5.65 Å². The van der Waals surface area contributed by atoms with Crippen LogP contribution in [0.3, 0.4) is 0 Å². The normalized spacial score (nSPS) is 10.9. The Balaban J connectivity index is 1.81. The molecule has 3 heterocycles. The van der Waals surface area contributed by atoms with Crippen molar-refractivity contribution >= 4 is 22.9 Å². The number of halogens is 1. The summed E-state index contributed by atoms with van der Waals surface area (Å²) in [5.74, 6) is 0.122. The predicted octanol–water partition coefficient (Wildman–Crippen LogP) is 1.94. The van der Waals surface area contributed by atoms with Gasteiger partial charge in [-0.2, -0.15) is 4.98 Å². The van der Waals surface area contributed by atoms with Crippen molar-refractivity contribution in [3.63, 3.8) is 0 Å². The molecule has 0 amide bonds. The van der Waals surface area contributed by atoms with Crippen LogP contribution in [0, 0.1) is 5.82 Å². The number of nitrogens with zero attached hydrogens (tertiary/aromatic N) is 4. The van der Waals surface area contributed by atoms with E-state index in [2.05, 4.69) is 20.4 Å². The van der Waals surface area contributed by atoms with Crippen LogP contribution in [-0.4, -0.2) is 19.6 Å². The monoisotopic (exact) mass is 249 g/mol. The molecule has 0 aliphatic carbocycles. The first-order valence-corrected chi connectivity index (χ1v) is 5.88. The zero-order chi connectivity index (χ0) is 11.7. The molecule has 0 aromatic carbocycles. The molecule has 0 bridgehead atoms. The molecule has 0 atom stereocenters. The number of pyridine rings is 1. The average molecular weight is 249 g/mol. The highest BCUT2D eigenvalue weighted by atomic mass is 32.1. The van der Waals surface area contributed by atoms with Gasteiger partial charge in [0.1, 0.15) is 5.82 Å². The van der Waals surface area contributed by atoms with E-state index in [4.69, 9.17) is 0 Å². The van der Waals surface area contributed by atoms with E-state index in [1.165, 1.54) is 28.1 Å². The summed E-state index contributed by atoms with van der Waals surface area (Å²) in [5, 5.41) is 9.08. The third-order valence-corrected chi connectivity index (χ3v) is 2.84. The van der Waals surface area contributed by atoms with Crippen LogP contribution < -0.4 is 5.32 Å². The van der Waals surface area contributed by atoms with Crippen molar-refractivity contribution in [3.05, 3.63) is 40.7 Å². The van der Waals surface area contributed by atoms with Gasteiger partial charge < -0.3 is 5.32 Å². The van der Waals surface area contributed by atoms with E-state index in [1.54, 1.807) is 11.6 Å². The lowest BCUT2D eigenvalue weighted by Crippen LogP contribution is -2.01. The molecule has 3 rings (SSSR count). The molecular formula is C10H8FN5S. The second-order valence-electron chi connectivity index (χ2n) is 3.42. The molecule has 7 heteroatoms. The fraction of sp³-hybridized carbons (Fsp3) is 0.100. The topological polar surface area (TPSA) is 55.1 Å². The lowest BCUT2D eigenvalue weighted by Gasteiger charge is -1.96. The fourth-order valence-electron chi connectivity index (χ4n) is 1.43. The van der Waals surface area contributed by atoms with Gasteiger partial charge in [-0.25, -0.2) is 13.9 Å². The second kappa shape index (κ2) is 4.10. The predicted molar refractivity (Wildman–Crippen MR) is 62.4 cm³/mol. The maximum Gasteiger partial charge on any atom is 0.243 e. The van der Waals surface area contributed by atoms with Crippen molar-refractivity contribution in [2.75, 3.05) is 5.32 Å². The maximum atomic E-state index is 12.9. The summed E-state index contributed by atoms with van der Waals surface area (Å²) in [6, 6.07) is 2.94. The first kappa shape index (κ1) is 10.2. The second-order valence-corrected chi connectivity index (χ2v) is 4.14. The van der Waals surface area contributed by atoms with Gasteiger partial charge in [0.05, 0.1) is 23.9 Å². The minimum atomic E-state index is -0.339. The molecular weight excluding hydrogens is 241 g/mol. The van der Waals surface area contributed by atoms with Crippen molar-refractivity contribution in [2.24, 2.45) is 0 Å². The van der Waals surface area contributed by atoms with E-state index in [9.17, 15) is 4.39 Å². The molecule has 0 unspecified atom stereocenters. The van der Waals surface area contributed by atoms with Gasteiger partial charge in [0.25, 0.3) is 0 Å². The van der Waals surface area contributed by atoms with E-state index in [0.29, 0.717) is 18.1 Å². The minimum absolute atomic E-state index is 0.339. The highest BCUT2D eigenvalue weighted by molar-refractivity contribution is 7.07. The molecule has 0 fully saturated rings. The minimum Gasteiger partial charge on any atom is -0.347 e. The van der Waals surface area contributed by atoms with Crippen LogP contribution in [-0.2, 0) is 6.54 Å². The smallest absolute Gasteiger partial charge is 0.243 e. The van der Waals surface area contributed by atoms with Crippen LogP contribution in [0.1, 0.15) is 5.69 Å². The Morgan fingerprint density at radius 3 is 3.18 bits per heavy atom. The Labute approximate surface area is 100.0 Å². The summed E-state index contributed by atoms with van der Waals surface area (Å²) in [6.07, 6.45) is 1.29. The quantitative estimate of drug-likeness (QED) is 0.770. The third-order valence-electron chi connectivity index (χ3n) is 2.21. The summed E-state index contributed by atoms with van der Waals surface area (Å²) in [4.78, 5) is 8.34. The average Bonchev–Trinajstić information content (AvgIpc) is 2.94. The lowest BCUT2D eigenvalue weighted by molar-refractivity contribution is 0.615. The highest BCUT2D eigenvalue weighted by Crippen LogP contribution is 2.08. The molecule has 86 valence electrons. The van der Waals surface area contributed by atoms with Crippen molar-refractivity contribution in [1.82, 2.24) is 19.6 Å². The zero-order valence-corrected chi connectivity index (χ0v) is 9.49. The van der Waals surface area contributed by atoms with Gasteiger partial charge in [0.15, 0.2) is 5.65 Å². The molecule has 3 aromatic rings. The number of nitrogens with one attached hydrogen (secondary N) is 1. The van der Waals surface area contributed by atoms with E-state index in [0.717, 1.165) is 5.69 Å². The summed E-state index contributed by atoms with van der Waals surface area (Å²) in [7, 11) is 0. The molecule has 0 aliphatic rings. The number of hydrogen-bond acceptors (Lipinski definition) is 5. The van der Waals surface area contributed by atoms with Gasteiger partial charge >= 0.3 is 0 Å². The molecule has 0 spiro atoms. The van der Waals surface area contributed by atoms with Gasteiger partial charge in [0, 0.05) is 5.38 Å². The van der Waals surface area contributed by atoms with Crippen molar-refractivity contribution in [1.29, 1.82) is 0 Å². The number of aromatic nitrogens is 4. The third kappa shape index (κ3) is 2.09. The Bertz CT molecular complexity index is 633. The van der Waals surface area contributed by atoms with Crippen LogP contribution >= 0.6 is 11.3 Å². The Morgan fingerprint density at radius 1 is 1.41 bits per heavy atom. The summed E-state index contributed by atoms with van der Waals surface area (Å²) < 4.78 is 14.3. The molecule has 5 nitrogen and oxygen atoms in total. The Morgan fingerprint density at radius 2 is 2.35 bits per heavy atom. The van der Waals surface area contributed by atoms with E-state index in [-0.39, 0.29) is 5.82 Å². The van der Waals surface area contributed by atoms with Gasteiger partial charge in [0.2, 0.25) is 5.95 Å². The summed E-state index contributed by atoms with van der Waals surface area (Å²) in [5.41, 5.74) is 3.30. The lowest BCUT2D eigenvalue weighted by atomic mass is 10.5. The molecule has 0 radical (unpaired) electrons. The molecule has 1 N–H and O–H groups in total. The van der Waals surface area contributed by atoms with Gasteiger partial charge in [-0.3, -0.25) is 0 Å². The molecule has 0 saturated heterocycles. The van der Waals surface area contributed by atoms with Crippen molar-refractivity contribution in [3.8, 4) is 0 Å². The van der Waals surface area contributed by atoms with Crippen molar-refractivity contribution in [2.45, 2.75) is 6.54 Å². The van der Waals surface area contributed by atoms with E-state index >= 15 is 0 Å². The SMILES string of the molecule is Fc1ccc2nc(NCc3cscn3)nn2c1. The van der Waals surface area contributed by atoms with Gasteiger partial charge in [-0.15, -0.1) is 16.4 Å². The van der Waals surface area contributed by atoms with E-state index in [1.807, 2.05) is 5.38 Å². The first-order chi connectivity index (χ1) is 8.31. The fourth-order valence-corrected chi connectivity index (χ4v) is 1.99. The van der Waals surface area contributed by atoms with Crippen LogP contribution in [0.5, 0.6) is 0 Å². The number of hydrogen-bond donors (Lipinski definition) is 1. The van der Waals surface area contributed by atoms with Crippen LogP contribution in [0.2, 0.25) is 0 Å². The summed E-state index contributed by atoms with van der Waals surface area (Å²) >= 11 is 1.53. The largest absolute Gasteiger partial charge is 0.347 e. The molecule has 0 saturated carbocycles. The summed E-state index contributed by atoms with van der Waals surface area (Å²) in [6.45, 7) is 0.558. The van der Waals surface area contributed by atoms with Crippen LogP contribution in [0.15, 0.2) is 29.2 Å². The number of thiazole rings is 1. The highest BCUT2D eigenvalue weighted by Gasteiger charge is 2.04. The van der Waals surface area contributed by atoms with Crippen molar-refractivity contribution < 1.29 is 4.39 Å². The van der Waals surface area contributed by atoms with E-state index < -0.39 is 0 Å². The Hall–Kier alpha value is -2.02. The van der Waals surface area contributed by atoms with Gasteiger partial charge in [-0.05, 0) is 12.1 Å². The maximum absolute atomic E-state index is 12.9. The number of anilines is 1. The first-order valence-electron chi connectivity index (χ1n) is 4.94. The molecule has 17 heavy (non-hydrogen) atoms. The Kier molecular flexibility index (Phi) is 2.45. The standard InChI is InChI=1S/C10H8FN5S/c11-7-1-2-9-14-10(15-16(9)4-7)12-3-8-5-17-6-13-8/h1-2,4-6H,3H2,(H,12,15). The zero-order valence-electron chi connectivity index (χ0n) is 8.67. The van der Waals surface area contributed by atoms with Crippen LogP contribution in [0.4, 0.5) is 10.3 Å². The molecule has 0 aliphatic heterocycles. The van der Waals surface area contributed by atoms with Gasteiger partial charge in [-0.1, -0.05) is 0 Å². The molecule has 3 aromatic heterocycles. The number of fused-ring (bicyclic) bond motifs is 1.